The van der Waals surface area contributed by atoms with E-state index in [0.717, 1.165) is 11.1 Å². The van der Waals surface area contributed by atoms with Gasteiger partial charge in [0.2, 0.25) is 0 Å². The van der Waals surface area contributed by atoms with Crippen LogP contribution in [0, 0.1) is 10.1 Å². The highest BCUT2D eigenvalue weighted by Crippen LogP contribution is 2.36. The molecule has 1 aliphatic heterocycles. The van der Waals surface area contributed by atoms with Crippen LogP contribution in [-0.2, 0) is 11.4 Å². The minimum absolute atomic E-state index is 0.0321. The smallest absolute Gasteiger partial charge is 0.276 e. The number of hydrogen-bond acceptors (Lipinski definition) is 5. The van der Waals surface area contributed by atoms with Crippen LogP contribution >= 0.6 is 44.1 Å². The second kappa shape index (κ2) is 9.02. The van der Waals surface area contributed by atoms with E-state index in [1.54, 1.807) is 18.2 Å². The molecule has 1 fully saturated rings. The Morgan fingerprint density at radius 2 is 1.86 bits per heavy atom. The van der Waals surface area contributed by atoms with E-state index in [1.807, 2.05) is 19.1 Å². The lowest BCUT2D eigenvalue weighted by molar-refractivity contribution is -0.384. The van der Waals surface area contributed by atoms with E-state index in [9.17, 15) is 14.9 Å². The van der Waals surface area contributed by atoms with Crippen molar-refractivity contribution >= 4 is 66.9 Å². The Kier molecular flexibility index (Phi) is 6.66. The van der Waals surface area contributed by atoms with Crippen molar-refractivity contribution < 1.29 is 14.5 Å². The van der Waals surface area contributed by atoms with Gasteiger partial charge >= 0.3 is 0 Å². The van der Waals surface area contributed by atoms with Gasteiger partial charge in [0, 0.05) is 18.7 Å². The molecule has 0 radical (unpaired) electrons. The Balaban J connectivity index is 1.76. The molecule has 0 unspecified atom stereocenters. The van der Waals surface area contributed by atoms with Gasteiger partial charge in [-0.15, -0.1) is 0 Å². The van der Waals surface area contributed by atoms with Crippen molar-refractivity contribution in [2.45, 2.75) is 13.5 Å². The van der Waals surface area contributed by atoms with Crippen LogP contribution in [-0.4, -0.2) is 27.4 Å². The Morgan fingerprint density at radius 1 is 1.24 bits per heavy atom. The maximum Gasteiger partial charge on any atom is 0.276 e. The maximum absolute atomic E-state index is 12.3. The van der Waals surface area contributed by atoms with Crippen LogP contribution in [0.3, 0.4) is 0 Å². The number of ether oxygens (including phenoxy) is 1. The van der Waals surface area contributed by atoms with E-state index >= 15 is 0 Å². The van der Waals surface area contributed by atoms with Crippen LogP contribution in [0.25, 0.3) is 6.08 Å². The number of non-ortho nitro benzene ring substituents is 1. The highest BCUT2D eigenvalue weighted by atomic mass is 79.9. The first-order chi connectivity index (χ1) is 13.8. The number of carbonyl (C=O) groups is 1. The number of benzene rings is 2. The molecule has 0 saturated carbocycles. The largest absolute Gasteiger partial charge is 0.487 e. The van der Waals surface area contributed by atoms with Crippen LogP contribution in [0.1, 0.15) is 18.1 Å². The van der Waals surface area contributed by atoms with Crippen molar-refractivity contribution in [1.29, 1.82) is 0 Å². The Morgan fingerprint density at radius 3 is 2.38 bits per heavy atom. The lowest BCUT2D eigenvalue weighted by atomic mass is 10.1. The number of nitrogens with zero attached hydrogens (tertiary/aromatic N) is 2. The number of amides is 1. The topological polar surface area (TPSA) is 84.7 Å². The van der Waals surface area contributed by atoms with Gasteiger partial charge in [0.15, 0.2) is 5.11 Å². The van der Waals surface area contributed by atoms with Gasteiger partial charge in [-0.1, -0.05) is 0 Å². The molecule has 2 aromatic carbocycles. The van der Waals surface area contributed by atoms with E-state index in [-0.39, 0.29) is 18.2 Å². The normalized spacial score (nSPS) is 15.0. The zero-order chi connectivity index (χ0) is 21.1. The van der Waals surface area contributed by atoms with Crippen LogP contribution in [0.4, 0.5) is 5.69 Å². The number of rotatable bonds is 6. The summed E-state index contributed by atoms with van der Waals surface area (Å²) < 4.78 is 7.25. The first-order valence-corrected chi connectivity index (χ1v) is 10.5. The van der Waals surface area contributed by atoms with Gasteiger partial charge in [0.05, 0.1) is 13.9 Å². The van der Waals surface area contributed by atoms with Crippen molar-refractivity contribution in [3.8, 4) is 5.75 Å². The lowest BCUT2D eigenvalue weighted by Crippen LogP contribution is -2.30. The molecular weight excluding hydrogens is 526 g/mol. The minimum atomic E-state index is -0.443. The zero-order valence-corrected chi connectivity index (χ0v) is 19.1. The number of carbonyl (C=O) groups excluding carboxylic acids is 1. The second-order valence-electron chi connectivity index (χ2n) is 6.06. The van der Waals surface area contributed by atoms with Gasteiger partial charge in [-0.05, 0) is 92.5 Å². The average molecular weight is 541 g/mol. The molecule has 2 aromatic rings. The van der Waals surface area contributed by atoms with Gasteiger partial charge in [0.25, 0.3) is 11.6 Å². The first-order valence-electron chi connectivity index (χ1n) is 8.50. The van der Waals surface area contributed by atoms with Crippen LogP contribution in [0.5, 0.6) is 5.75 Å². The third-order valence-electron chi connectivity index (χ3n) is 4.14. The van der Waals surface area contributed by atoms with Gasteiger partial charge in [-0.3, -0.25) is 19.8 Å². The standard InChI is InChI=1S/C19H15Br2N3O4S/c1-2-23-18(25)16(22-19(23)29)9-12-7-14(20)17(15(21)8-12)28-10-11-3-5-13(6-4-11)24(26)27/h3-9H,2,10H2,1H3,(H,22,29)/b16-9-. The predicted octanol–water partition coefficient (Wildman–Crippen LogP) is 4.78. The van der Waals surface area contributed by atoms with Gasteiger partial charge in [-0.25, -0.2) is 0 Å². The summed E-state index contributed by atoms with van der Waals surface area (Å²) in [4.78, 5) is 24.1. The summed E-state index contributed by atoms with van der Waals surface area (Å²) in [6.45, 7) is 2.61. The third-order valence-corrected chi connectivity index (χ3v) is 5.64. The molecule has 3 rings (SSSR count). The quantitative estimate of drug-likeness (QED) is 0.246. The number of halogens is 2. The molecule has 0 aromatic heterocycles. The molecule has 0 bridgehead atoms. The van der Waals surface area contributed by atoms with E-state index in [4.69, 9.17) is 17.0 Å². The summed E-state index contributed by atoms with van der Waals surface area (Å²) in [5, 5.41) is 14.1. The zero-order valence-electron chi connectivity index (χ0n) is 15.1. The molecule has 7 nitrogen and oxygen atoms in total. The fourth-order valence-electron chi connectivity index (χ4n) is 2.70. The fourth-order valence-corrected chi connectivity index (χ4v) is 4.47. The summed E-state index contributed by atoms with van der Waals surface area (Å²) in [7, 11) is 0. The number of nitro groups is 1. The molecule has 1 heterocycles. The molecule has 29 heavy (non-hydrogen) atoms. The molecule has 10 heteroatoms. The number of nitro benzene ring substituents is 1. The summed E-state index contributed by atoms with van der Waals surface area (Å²) >= 11 is 12.1. The molecule has 1 N–H and O–H groups in total. The highest BCUT2D eigenvalue weighted by Gasteiger charge is 2.29. The van der Waals surface area contributed by atoms with Gasteiger partial charge < -0.3 is 10.1 Å². The van der Waals surface area contributed by atoms with Crippen LogP contribution in [0.2, 0.25) is 0 Å². The summed E-state index contributed by atoms with van der Waals surface area (Å²) in [5.41, 5.74) is 2.03. The van der Waals surface area contributed by atoms with Crippen LogP contribution in [0.15, 0.2) is 51.0 Å². The maximum atomic E-state index is 12.3. The predicted molar refractivity (Wildman–Crippen MR) is 120 cm³/mol. The summed E-state index contributed by atoms with van der Waals surface area (Å²) in [5.74, 6) is 0.421. The monoisotopic (exact) mass is 539 g/mol. The third kappa shape index (κ3) is 4.82. The molecule has 0 aliphatic carbocycles. The number of hydrogen-bond donors (Lipinski definition) is 1. The van der Waals surface area contributed by atoms with Crippen molar-refractivity contribution in [1.82, 2.24) is 10.2 Å². The number of nitrogens with one attached hydrogen (secondary N) is 1. The Labute approximate surface area is 189 Å². The Hall–Kier alpha value is -2.30. The summed E-state index contributed by atoms with van der Waals surface area (Å²) in [6, 6.07) is 9.84. The van der Waals surface area contributed by atoms with Gasteiger partial charge in [-0.2, -0.15) is 0 Å². The molecule has 0 spiro atoms. The Bertz CT molecular complexity index is 1000. The highest BCUT2D eigenvalue weighted by molar-refractivity contribution is 9.11. The van der Waals surface area contributed by atoms with Crippen LogP contribution < -0.4 is 10.1 Å². The first kappa shape index (κ1) is 21.4. The SMILES string of the molecule is CCN1C(=O)/C(=C/c2cc(Br)c(OCc3ccc([N+](=O)[O-])cc3)c(Br)c2)NC1=S. The van der Waals surface area contributed by atoms with E-state index in [1.165, 1.54) is 17.0 Å². The lowest BCUT2D eigenvalue weighted by Gasteiger charge is -2.12. The van der Waals surface area contributed by atoms with E-state index in [0.29, 0.717) is 32.0 Å². The molecule has 1 aliphatic rings. The van der Waals surface area contributed by atoms with E-state index < -0.39 is 4.92 Å². The summed E-state index contributed by atoms with van der Waals surface area (Å²) in [6.07, 6.45) is 1.72. The van der Waals surface area contributed by atoms with Crippen molar-refractivity contribution in [2.75, 3.05) is 6.54 Å². The molecule has 150 valence electrons. The van der Waals surface area contributed by atoms with Crippen molar-refractivity contribution in [2.24, 2.45) is 0 Å². The molecule has 1 saturated heterocycles. The number of thiocarbonyl (C=S) groups is 1. The molecule has 1 amide bonds. The number of likely N-dealkylation sites (N-methyl/N-ethyl adjacent to an activating group) is 1. The van der Waals surface area contributed by atoms with Crippen molar-refractivity contribution in [3.05, 3.63) is 72.3 Å². The van der Waals surface area contributed by atoms with E-state index in [2.05, 4.69) is 37.2 Å². The molecular formula is C19H15Br2N3O4S. The molecule has 0 atom stereocenters. The van der Waals surface area contributed by atoms with Crippen molar-refractivity contribution in [3.63, 3.8) is 0 Å². The second-order valence-corrected chi connectivity index (χ2v) is 8.16. The fraction of sp³-hybridized carbons (Fsp3) is 0.158. The minimum Gasteiger partial charge on any atom is -0.487 e. The van der Waals surface area contributed by atoms with Gasteiger partial charge in [0.1, 0.15) is 18.1 Å². The average Bonchev–Trinajstić information content (AvgIpc) is 2.94.